The second kappa shape index (κ2) is 8.26. The summed E-state index contributed by atoms with van der Waals surface area (Å²) in [5, 5.41) is 1.78. The summed E-state index contributed by atoms with van der Waals surface area (Å²) in [6, 6.07) is 0.298. The van der Waals surface area contributed by atoms with Crippen molar-refractivity contribution in [3.05, 3.63) is 0 Å². The summed E-state index contributed by atoms with van der Waals surface area (Å²) in [4.78, 5) is 2.09. The number of rotatable bonds is 8. The van der Waals surface area contributed by atoms with Crippen LogP contribution in [0.1, 0.15) is 26.7 Å². The molecule has 0 aliphatic carbocycles. The van der Waals surface area contributed by atoms with E-state index in [1.807, 2.05) is 13.8 Å². The largest absolute Gasteiger partial charge is 0.377 e. The first kappa shape index (κ1) is 17.8. The Morgan fingerprint density at radius 2 is 1.95 bits per heavy atom. The van der Waals surface area contributed by atoms with Gasteiger partial charge in [0.2, 0.25) is 0 Å². The summed E-state index contributed by atoms with van der Waals surface area (Å²) in [6.07, 6.45) is 1.97. The monoisotopic (exact) mass is 309 g/mol. The van der Waals surface area contributed by atoms with Crippen molar-refractivity contribution in [2.24, 2.45) is 5.84 Å². The Hall–Kier alpha value is -0.250. The molecule has 0 amide bonds. The first-order valence-corrected chi connectivity index (χ1v) is 8.69. The Morgan fingerprint density at radius 3 is 2.45 bits per heavy atom. The molecule has 0 radical (unpaired) electrons. The standard InChI is InChI=1S/C12H27N3O4S/c1-11(2)19-9-7-14(8-10-20(16,17)18)12-3-5-15(13)6-4-12/h11-12H,3-10,13H2,1-2H3,(H,16,17,18). The predicted molar refractivity (Wildman–Crippen MR) is 77.9 cm³/mol. The maximum atomic E-state index is 10.9. The van der Waals surface area contributed by atoms with E-state index in [1.54, 1.807) is 5.01 Å². The molecule has 1 fully saturated rings. The van der Waals surface area contributed by atoms with Crippen LogP contribution in [0.5, 0.6) is 0 Å². The van der Waals surface area contributed by atoms with Gasteiger partial charge >= 0.3 is 0 Å². The third-order valence-electron chi connectivity index (χ3n) is 3.48. The highest BCUT2D eigenvalue weighted by Gasteiger charge is 2.24. The normalized spacial score (nSPS) is 19.1. The highest BCUT2D eigenvalue weighted by Crippen LogP contribution is 2.14. The van der Waals surface area contributed by atoms with Crippen LogP contribution in [-0.4, -0.2) is 73.6 Å². The molecular formula is C12H27N3O4S. The van der Waals surface area contributed by atoms with Gasteiger partial charge < -0.3 is 4.74 Å². The number of hydrazine groups is 1. The topological polar surface area (TPSA) is 96.1 Å². The van der Waals surface area contributed by atoms with Crippen molar-refractivity contribution in [2.75, 3.05) is 38.5 Å². The Bertz CT molecular complexity index is 367. The number of nitrogens with zero attached hydrogens (tertiary/aromatic N) is 2. The van der Waals surface area contributed by atoms with E-state index in [0.29, 0.717) is 25.7 Å². The molecular weight excluding hydrogens is 282 g/mol. The van der Waals surface area contributed by atoms with Crippen molar-refractivity contribution >= 4 is 10.1 Å². The van der Waals surface area contributed by atoms with Gasteiger partial charge in [-0.3, -0.25) is 15.3 Å². The summed E-state index contributed by atoms with van der Waals surface area (Å²) in [5.74, 6) is 5.50. The molecule has 1 heterocycles. The number of piperidine rings is 1. The van der Waals surface area contributed by atoms with Crippen LogP contribution in [0.2, 0.25) is 0 Å². The van der Waals surface area contributed by atoms with E-state index in [-0.39, 0.29) is 11.9 Å². The van der Waals surface area contributed by atoms with Crippen molar-refractivity contribution in [2.45, 2.75) is 38.8 Å². The van der Waals surface area contributed by atoms with Gasteiger partial charge in [0.05, 0.1) is 18.5 Å². The van der Waals surface area contributed by atoms with Gasteiger partial charge in [0, 0.05) is 32.2 Å². The van der Waals surface area contributed by atoms with Gasteiger partial charge in [-0.15, -0.1) is 0 Å². The fourth-order valence-electron chi connectivity index (χ4n) is 2.37. The van der Waals surface area contributed by atoms with Gasteiger partial charge in [0.25, 0.3) is 10.1 Å². The van der Waals surface area contributed by atoms with E-state index in [4.69, 9.17) is 15.1 Å². The molecule has 0 aromatic heterocycles. The molecule has 3 N–H and O–H groups in total. The van der Waals surface area contributed by atoms with Crippen LogP contribution in [0, 0.1) is 0 Å². The lowest BCUT2D eigenvalue weighted by Crippen LogP contribution is -2.49. The first-order chi connectivity index (χ1) is 9.28. The van der Waals surface area contributed by atoms with E-state index in [0.717, 1.165) is 25.9 Å². The minimum Gasteiger partial charge on any atom is -0.377 e. The van der Waals surface area contributed by atoms with E-state index >= 15 is 0 Å². The SMILES string of the molecule is CC(C)OCCN(CCS(=O)(=O)O)C1CCN(N)CC1. The molecule has 0 bridgehead atoms. The maximum absolute atomic E-state index is 10.9. The fraction of sp³-hybridized carbons (Fsp3) is 1.00. The average molecular weight is 309 g/mol. The van der Waals surface area contributed by atoms with Crippen molar-refractivity contribution in [3.63, 3.8) is 0 Å². The summed E-state index contributed by atoms with van der Waals surface area (Å²) in [6.45, 7) is 7.10. The lowest BCUT2D eigenvalue weighted by atomic mass is 10.0. The predicted octanol–water partition coefficient (Wildman–Crippen LogP) is -0.0607. The first-order valence-electron chi connectivity index (χ1n) is 7.08. The zero-order valence-corrected chi connectivity index (χ0v) is 13.2. The van der Waals surface area contributed by atoms with Crippen LogP contribution in [0.4, 0.5) is 0 Å². The zero-order valence-electron chi connectivity index (χ0n) is 12.4. The molecule has 0 aromatic rings. The maximum Gasteiger partial charge on any atom is 0.266 e. The van der Waals surface area contributed by atoms with E-state index < -0.39 is 10.1 Å². The minimum atomic E-state index is -3.93. The fourth-order valence-corrected chi connectivity index (χ4v) is 2.83. The van der Waals surface area contributed by atoms with Crippen LogP contribution in [0.3, 0.4) is 0 Å². The van der Waals surface area contributed by atoms with Gasteiger partial charge in [-0.25, -0.2) is 5.01 Å². The van der Waals surface area contributed by atoms with E-state index in [1.165, 1.54) is 0 Å². The Kier molecular flexibility index (Phi) is 7.35. The second-order valence-corrected chi connectivity index (χ2v) is 7.08. The number of hydrogen-bond donors (Lipinski definition) is 2. The van der Waals surface area contributed by atoms with Gasteiger partial charge in [-0.05, 0) is 26.7 Å². The van der Waals surface area contributed by atoms with Crippen LogP contribution in [0.25, 0.3) is 0 Å². The molecule has 1 aliphatic rings. The lowest BCUT2D eigenvalue weighted by Gasteiger charge is -2.37. The van der Waals surface area contributed by atoms with Crippen molar-refractivity contribution in [1.82, 2.24) is 9.91 Å². The molecule has 1 saturated heterocycles. The summed E-state index contributed by atoms with van der Waals surface area (Å²) >= 11 is 0. The molecule has 1 aliphatic heterocycles. The quantitative estimate of drug-likeness (QED) is 0.479. The molecule has 1 rings (SSSR count). The zero-order chi connectivity index (χ0) is 15.2. The van der Waals surface area contributed by atoms with Crippen LogP contribution in [-0.2, 0) is 14.9 Å². The molecule has 0 unspecified atom stereocenters. The molecule has 7 nitrogen and oxygen atoms in total. The highest BCUT2D eigenvalue weighted by atomic mass is 32.2. The molecule has 120 valence electrons. The average Bonchev–Trinajstić information content (AvgIpc) is 2.33. The molecule has 8 heteroatoms. The third kappa shape index (κ3) is 7.51. The van der Waals surface area contributed by atoms with E-state index in [2.05, 4.69) is 4.90 Å². The minimum absolute atomic E-state index is 0.157. The van der Waals surface area contributed by atoms with Crippen molar-refractivity contribution in [1.29, 1.82) is 0 Å². The Balaban J connectivity index is 2.49. The molecule has 0 aromatic carbocycles. The van der Waals surface area contributed by atoms with Gasteiger partial charge in [0.1, 0.15) is 0 Å². The van der Waals surface area contributed by atoms with Crippen LogP contribution < -0.4 is 5.84 Å². The highest BCUT2D eigenvalue weighted by molar-refractivity contribution is 7.85. The molecule has 20 heavy (non-hydrogen) atoms. The number of ether oxygens (including phenoxy) is 1. The summed E-state index contributed by atoms with van der Waals surface area (Å²) in [7, 11) is -3.93. The number of nitrogens with two attached hydrogens (primary N) is 1. The van der Waals surface area contributed by atoms with Crippen LogP contribution in [0.15, 0.2) is 0 Å². The van der Waals surface area contributed by atoms with Crippen LogP contribution >= 0.6 is 0 Å². The Labute approximate surface area is 121 Å². The second-order valence-electron chi connectivity index (χ2n) is 5.51. The summed E-state index contributed by atoms with van der Waals surface area (Å²) in [5.41, 5.74) is 0. The molecule has 0 atom stereocenters. The Morgan fingerprint density at radius 1 is 1.35 bits per heavy atom. The van der Waals surface area contributed by atoms with Gasteiger partial charge in [0.15, 0.2) is 0 Å². The van der Waals surface area contributed by atoms with Gasteiger partial charge in [-0.2, -0.15) is 8.42 Å². The molecule has 0 saturated carbocycles. The number of hydrogen-bond acceptors (Lipinski definition) is 6. The van der Waals surface area contributed by atoms with E-state index in [9.17, 15) is 8.42 Å². The summed E-state index contributed by atoms with van der Waals surface area (Å²) < 4.78 is 36.3. The van der Waals surface area contributed by atoms with Gasteiger partial charge in [-0.1, -0.05) is 0 Å². The third-order valence-corrected chi connectivity index (χ3v) is 4.18. The molecule has 0 spiro atoms. The van der Waals surface area contributed by atoms with Crippen molar-refractivity contribution in [3.8, 4) is 0 Å². The van der Waals surface area contributed by atoms with Crippen molar-refractivity contribution < 1.29 is 17.7 Å². The smallest absolute Gasteiger partial charge is 0.266 e. The lowest BCUT2D eigenvalue weighted by molar-refractivity contribution is 0.0382.